The van der Waals surface area contributed by atoms with Gasteiger partial charge in [-0.1, -0.05) is 12.1 Å². The van der Waals surface area contributed by atoms with E-state index < -0.39 is 23.7 Å². The van der Waals surface area contributed by atoms with Gasteiger partial charge in [-0.2, -0.15) is 13.2 Å². The molecule has 0 saturated carbocycles. The summed E-state index contributed by atoms with van der Waals surface area (Å²) in [7, 11) is 0. The monoisotopic (exact) mass is 353 g/mol. The molecule has 1 heterocycles. The van der Waals surface area contributed by atoms with E-state index in [0.29, 0.717) is 11.8 Å². The summed E-state index contributed by atoms with van der Waals surface area (Å²) in [5.74, 6) is -0.937. The number of pyridine rings is 1. The van der Waals surface area contributed by atoms with Crippen LogP contribution in [0.5, 0.6) is 5.75 Å². The number of ether oxygens (including phenoxy) is 1. The number of alkyl halides is 3. The van der Waals surface area contributed by atoms with Crippen LogP contribution in [-0.4, -0.2) is 23.4 Å². The maximum atomic E-state index is 12.4. The van der Waals surface area contributed by atoms with Crippen molar-refractivity contribution >= 4 is 11.8 Å². The van der Waals surface area contributed by atoms with Crippen LogP contribution in [0.15, 0.2) is 42.6 Å². The van der Waals surface area contributed by atoms with Gasteiger partial charge < -0.3 is 4.74 Å². The number of aromatic nitrogens is 1. The molecular formula is C16H14F3N3O3. The minimum absolute atomic E-state index is 0.132. The Morgan fingerprint density at radius 2 is 1.92 bits per heavy atom. The van der Waals surface area contributed by atoms with E-state index >= 15 is 0 Å². The van der Waals surface area contributed by atoms with Gasteiger partial charge in [0.05, 0.1) is 5.56 Å². The average Bonchev–Trinajstić information content (AvgIpc) is 2.57. The van der Waals surface area contributed by atoms with Crippen LogP contribution in [0.4, 0.5) is 13.2 Å². The van der Waals surface area contributed by atoms with Crippen LogP contribution in [-0.2, 0) is 11.0 Å². The molecule has 0 aliphatic rings. The first-order valence-electron chi connectivity index (χ1n) is 7.07. The standard InChI is InChI=1S/C16H14F3N3O3/c1-10-3-2-4-12(7-10)25-9-14(23)21-22-15(24)11-5-6-13(20-8-11)16(17,18)19/h2-8H,9H2,1H3,(H,21,23)(H,22,24). The zero-order chi connectivity index (χ0) is 18.4. The predicted octanol–water partition coefficient (Wildman–Crippen LogP) is 2.25. The lowest BCUT2D eigenvalue weighted by atomic mass is 10.2. The number of hydrazine groups is 1. The highest BCUT2D eigenvalue weighted by atomic mass is 19.4. The second kappa shape index (κ2) is 7.65. The lowest BCUT2D eigenvalue weighted by Crippen LogP contribution is -2.43. The van der Waals surface area contributed by atoms with E-state index in [-0.39, 0.29) is 12.2 Å². The first-order chi connectivity index (χ1) is 11.8. The molecule has 0 aliphatic carbocycles. The molecule has 0 radical (unpaired) electrons. The van der Waals surface area contributed by atoms with Crippen LogP contribution < -0.4 is 15.6 Å². The fraction of sp³-hybridized carbons (Fsp3) is 0.188. The number of nitrogens with one attached hydrogen (secondary N) is 2. The zero-order valence-electron chi connectivity index (χ0n) is 13.1. The number of nitrogens with zero attached hydrogens (tertiary/aromatic N) is 1. The summed E-state index contributed by atoms with van der Waals surface area (Å²) in [5.41, 5.74) is 3.88. The third-order valence-electron chi connectivity index (χ3n) is 2.99. The van der Waals surface area contributed by atoms with E-state index in [1.807, 2.05) is 13.0 Å². The Balaban J connectivity index is 1.82. The smallest absolute Gasteiger partial charge is 0.433 e. The summed E-state index contributed by atoms with van der Waals surface area (Å²) in [6.07, 6.45) is -3.82. The van der Waals surface area contributed by atoms with Crippen LogP contribution in [0.3, 0.4) is 0 Å². The van der Waals surface area contributed by atoms with Crippen molar-refractivity contribution in [3.8, 4) is 5.75 Å². The SMILES string of the molecule is Cc1cccc(OCC(=O)NNC(=O)c2ccc(C(F)(F)F)nc2)c1. The van der Waals surface area contributed by atoms with Crippen molar-refractivity contribution in [1.82, 2.24) is 15.8 Å². The quantitative estimate of drug-likeness (QED) is 0.827. The number of carbonyl (C=O) groups excluding carboxylic acids is 2. The lowest BCUT2D eigenvalue weighted by Gasteiger charge is -2.10. The van der Waals surface area contributed by atoms with E-state index in [1.54, 1.807) is 18.2 Å². The molecule has 9 heteroatoms. The van der Waals surface area contributed by atoms with Crippen LogP contribution in [0.25, 0.3) is 0 Å². The Kier molecular flexibility index (Phi) is 5.58. The molecule has 132 valence electrons. The number of benzene rings is 1. The molecule has 25 heavy (non-hydrogen) atoms. The van der Waals surface area contributed by atoms with Crippen molar-refractivity contribution in [2.24, 2.45) is 0 Å². The van der Waals surface area contributed by atoms with Gasteiger partial charge in [-0.15, -0.1) is 0 Å². The fourth-order valence-corrected chi connectivity index (χ4v) is 1.78. The maximum absolute atomic E-state index is 12.4. The molecule has 0 bridgehead atoms. The lowest BCUT2D eigenvalue weighted by molar-refractivity contribution is -0.141. The summed E-state index contributed by atoms with van der Waals surface area (Å²) in [4.78, 5) is 26.5. The van der Waals surface area contributed by atoms with Gasteiger partial charge in [0.1, 0.15) is 11.4 Å². The Morgan fingerprint density at radius 1 is 1.16 bits per heavy atom. The Hall–Kier alpha value is -3.10. The van der Waals surface area contributed by atoms with Crippen molar-refractivity contribution in [1.29, 1.82) is 0 Å². The first-order valence-corrected chi connectivity index (χ1v) is 7.07. The molecule has 0 unspecified atom stereocenters. The van der Waals surface area contributed by atoms with Crippen LogP contribution >= 0.6 is 0 Å². The minimum Gasteiger partial charge on any atom is -0.484 e. The average molecular weight is 353 g/mol. The number of hydrogen-bond donors (Lipinski definition) is 2. The summed E-state index contributed by atoms with van der Waals surface area (Å²) < 4.78 is 42.4. The van der Waals surface area contributed by atoms with E-state index in [4.69, 9.17) is 4.74 Å². The molecule has 2 N–H and O–H groups in total. The number of carbonyl (C=O) groups is 2. The van der Waals surface area contributed by atoms with Crippen molar-refractivity contribution in [3.63, 3.8) is 0 Å². The number of aryl methyl sites for hydroxylation is 1. The topological polar surface area (TPSA) is 80.3 Å². The highest BCUT2D eigenvalue weighted by molar-refractivity contribution is 5.95. The zero-order valence-corrected chi connectivity index (χ0v) is 13.1. The molecule has 0 aliphatic heterocycles. The molecule has 2 amide bonds. The minimum atomic E-state index is -4.59. The predicted molar refractivity (Wildman–Crippen MR) is 81.5 cm³/mol. The second-order valence-electron chi connectivity index (χ2n) is 5.04. The molecule has 0 fully saturated rings. The molecule has 2 rings (SSSR count). The van der Waals surface area contributed by atoms with Gasteiger partial charge in [0, 0.05) is 6.20 Å². The molecule has 1 aromatic carbocycles. The summed E-state index contributed by atoms with van der Waals surface area (Å²) >= 11 is 0. The highest BCUT2D eigenvalue weighted by Gasteiger charge is 2.32. The van der Waals surface area contributed by atoms with Gasteiger partial charge in [-0.25, -0.2) is 0 Å². The molecule has 1 aromatic heterocycles. The van der Waals surface area contributed by atoms with Crippen molar-refractivity contribution < 1.29 is 27.5 Å². The largest absolute Gasteiger partial charge is 0.484 e. The third kappa shape index (κ3) is 5.48. The van der Waals surface area contributed by atoms with Gasteiger partial charge in [0.25, 0.3) is 11.8 Å². The van der Waals surface area contributed by atoms with Crippen molar-refractivity contribution in [3.05, 3.63) is 59.4 Å². The van der Waals surface area contributed by atoms with Crippen molar-refractivity contribution in [2.75, 3.05) is 6.61 Å². The summed E-state index contributed by atoms with van der Waals surface area (Å²) in [5, 5.41) is 0. The molecule has 2 aromatic rings. The number of hydrogen-bond acceptors (Lipinski definition) is 4. The summed E-state index contributed by atoms with van der Waals surface area (Å²) in [6.45, 7) is 1.53. The molecule has 0 saturated heterocycles. The van der Waals surface area contributed by atoms with Gasteiger partial charge in [-0.05, 0) is 36.8 Å². The molecule has 6 nitrogen and oxygen atoms in total. The second-order valence-corrected chi connectivity index (χ2v) is 5.04. The molecule has 0 spiro atoms. The van der Waals surface area contributed by atoms with E-state index in [2.05, 4.69) is 15.8 Å². The third-order valence-corrected chi connectivity index (χ3v) is 2.99. The van der Waals surface area contributed by atoms with E-state index in [0.717, 1.165) is 17.8 Å². The van der Waals surface area contributed by atoms with Gasteiger partial charge in [-0.3, -0.25) is 25.4 Å². The Bertz CT molecular complexity index is 761. The number of rotatable bonds is 4. The Labute approximate surface area is 141 Å². The number of amides is 2. The Morgan fingerprint density at radius 3 is 2.52 bits per heavy atom. The van der Waals surface area contributed by atoms with E-state index in [1.165, 1.54) is 0 Å². The first kappa shape index (κ1) is 18.2. The van der Waals surface area contributed by atoms with Crippen molar-refractivity contribution in [2.45, 2.75) is 13.1 Å². The van der Waals surface area contributed by atoms with E-state index in [9.17, 15) is 22.8 Å². The van der Waals surface area contributed by atoms with Gasteiger partial charge in [0.2, 0.25) is 0 Å². The number of halogens is 3. The molecular weight excluding hydrogens is 339 g/mol. The fourth-order valence-electron chi connectivity index (χ4n) is 1.78. The highest BCUT2D eigenvalue weighted by Crippen LogP contribution is 2.27. The van der Waals surface area contributed by atoms with Gasteiger partial charge in [0.15, 0.2) is 6.61 Å². The normalized spacial score (nSPS) is 10.9. The maximum Gasteiger partial charge on any atom is 0.433 e. The van der Waals surface area contributed by atoms with Crippen LogP contribution in [0.2, 0.25) is 0 Å². The summed E-state index contributed by atoms with van der Waals surface area (Å²) in [6, 6.07) is 8.68. The van der Waals surface area contributed by atoms with Crippen LogP contribution in [0, 0.1) is 6.92 Å². The van der Waals surface area contributed by atoms with Gasteiger partial charge >= 0.3 is 6.18 Å². The molecule has 0 atom stereocenters. The van der Waals surface area contributed by atoms with Crippen LogP contribution in [0.1, 0.15) is 21.6 Å².